The second-order valence-corrected chi connectivity index (χ2v) is 7.43. The molecule has 6 heteroatoms. The highest BCUT2D eigenvalue weighted by atomic mass is 32.2. The molecule has 1 heterocycles. The molecule has 1 saturated heterocycles. The molecule has 0 aromatic heterocycles. The Balaban J connectivity index is 2.11. The van der Waals surface area contributed by atoms with Crippen LogP contribution >= 0.6 is 0 Å². The van der Waals surface area contributed by atoms with Gasteiger partial charge in [-0.3, -0.25) is 0 Å². The van der Waals surface area contributed by atoms with Gasteiger partial charge in [-0.1, -0.05) is 17.7 Å². The first-order chi connectivity index (χ1) is 10.4. The van der Waals surface area contributed by atoms with Crippen molar-refractivity contribution < 1.29 is 17.9 Å². The van der Waals surface area contributed by atoms with E-state index in [1.165, 1.54) is 4.31 Å². The van der Waals surface area contributed by atoms with Crippen molar-refractivity contribution in [1.82, 2.24) is 4.31 Å². The first-order valence-electron chi connectivity index (χ1n) is 7.78. The lowest BCUT2D eigenvalue weighted by Crippen LogP contribution is -2.49. The Morgan fingerprint density at radius 3 is 2.00 bits per heavy atom. The summed E-state index contributed by atoms with van der Waals surface area (Å²) in [6, 6.07) is 6.97. The van der Waals surface area contributed by atoms with Crippen LogP contribution in [0.15, 0.2) is 29.2 Å². The zero-order valence-electron chi connectivity index (χ0n) is 13.5. The van der Waals surface area contributed by atoms with Crippen molar-refractivity contribution in [3.05, 3.63) is 29.8 Å². The van der Waals surface area contributed by atoms with Gasteiger partial charge >= 0.3 is 0 Å². The van der Waals surface area contributed by atoms with Crippen molar-refractivity contribution >= 4 is 10.0 Å². The van der Waals surface area contributed by atoms with Crippen LogP contribution in [0.2, 0.25) is 0 Å². The number of piperidine rings is 1. The number of rotatable bonds is 6. The zero-order valence-corrected chi connectivity index (χ0v) is 14.4. The van der Waals surface area contributed by atoms with Crippen molar-refractivity contribution in [2.24, 2.45) is 0 Å². The van der Waals surface area contributed by atoms with Crippen LogP contribution in [0.1, 0.15) is 32.3 Å². The Labute approximate surface area is 133 Å². The Morgan fingerprint density at radius 1 is 1.05 bits per heavy atom. The number of nitrogens with zero attached hydrogens (tertiary/aromatic N) is 1. The lowest BCUT2D eigenvalue weighted by Gasteiger charge is -2.40. The number of hydrogen-bond donors (Lipinski definition) is 0. The number of aryl methyl sites for hydroxylation is 1. The van der Waals surface area contributed by atoms with Crippen LogP contribution in [0.4, 0.5) is 0 Å². The van der Waals surface area contributed by atoms with Crippen LogP contribution in [0.5, 0.6) is 0 Å². The first kappa shape index (κ1) is 17.4. The predicted molar refractivity (Wildman–Crippen MR) is 85.2 cm³/mol. The van der Waals surface area contributed by atoms with Crippen molar-refractivity contribution in [3.8, 4) is 0 Å². The summed E-state index contributed by atoms with van der Waals surface area (Å²) in [5.74, 6) is -0.636. The van der Waals surface area contributed by atoms with E-state index in [1.807, 2.05) is 32.9 Å². The summed E-state index contributed by atoms with van der Waals surface area (Å²) in [6.45, 7) is 7.74. The van der Waals surface area contributed by atoms with Gasteiger partial charge in [0.25, 0.3) is 0 Å². The molecule has 1 aliphatic heterocycles. The van der Waals surface area contributed by atoms with Gasteiger partial charge in [-0.2, -0.15) is 4.31 Å². The van der Waals surface area contributed by atoms with Gasteiger partial charge in [-0.25, -0.2) is 8.42 Å². The Kier molecular flexibility index (Phi) is 5.60. The summed E-state index contributed by atoms with van der Waals surface area (Å²) in [5, 5.41) is 0. The van der Waals surface area contributed by atoms with Gasteiger partial charge in [0.1, 0.15) is 0 Å². The van der Waals surface area contributed by atoms with Gasteiger partial charge in [0.05, 0.1) is 4.90 Å². The molecule has 1 aliphatic rings. The average Bonchev–Trinajstić information content (AvgIpc) is 2.49. The second-order valence-electron chi connectivity index (χ2n) is 5.49. The van der Waals surface area contributed by atoms with Crippen molar-refractivity contribution in [2.75, 3.05) is 26.3 Å². The van der Waals surface area contributed by atoms with E-state index >= 15 is 0 Å². The van der Waals surface area contributed by atoms with Gasteiger partial charge < -0.3 is 9.47 Å². The minimum Gasteiger partial charge on any atom is -0.350 e. The zero-order chi connectivity index (χ0) is 16.2. The van der Waals surface area contributed by atoms with Gasteiger partial charge in [0.2, 0.25) is 10.0 Å². The Hall–Kier alpha value is -0.950. The van der Waals surface area contributed by atoms with Crippen molar-refractivity contribution in [2.45, 2.75) is 44.3 Å². The molecule has 0 spiro atoms. The average molecular weight is 327 g/mol. The van der Waals surface area contributed by atoms with Gasteiger partial charge in [0.15, 0.2) is 5.79 Å². The largest absolute Gasteiger partial charge is 0.350 e. The normalized spacial score (nSPS) is 19.2. The molecule has 0 bridgehead atoms. The lowest BCUT2D eigenvalue weighted by atomic mass is 10.1. The van der Waals surface area contributed by atoms with Gasteiger partial charge in [0, 0.05) is 39.1 Å². The van der Waals surface area contributed by atoms with E-state index in [4.69, 9.17) is 9.47 Å². The summed E-state index contributed by atoms with van der Waals surface area (Å²) in [5.41, 5.74) is 1.05. The van der Waals surface area contributed by atoms with Crippen LogP contribution in [0, 0.1) is 6.92 Å². The summed E-state index contributed by atoms with van der Waals surface area (Å²) in [6.07, 6.45) is 1.11. The van der Waals surface area contributed by atoms with E-state index in [0.717, 1.165) is 5.56 Å². The first-order valence-corrected chi connectivity index (χ1v) is 9.22. The molecule has 0 unspecified atom stereocenters. The monoisotopic (exact) mass is 327 g/mol. The maximum absolute atomic E-state index is 12.7. The third kappa shape index (κ3) is 3.68. The molecule has 0 radical (unpaired) electrons. The molecule has 1 fully saturated rings. The quantitative estimate of drug-likeness (QED) is 0.754. The summed E-state index contributed by atoms with van der Waals surface area (Å²) >= 11 is 0. The maximum atomic E-state index is 12.7. The molecule has 0 saturated carbocycles. The molecule has 22 heavy (non-hydrogen) atoms. The van der Waals surface area contributed by atoms with E-state index in [0.29, 0.717) is 44.0 Å². The fourth-order valence-corrected chi connectivity index (χ4v) is 4.22. The SMILES string of the molecule is CCOC1(OCC)CCN(S(=O)(=O)c2ccc(C)cc2)CC1. The van der Waals surface area contributed by atoms with Crippen LogP contribution in [0.3, 0.4) is 0 Å². The summed E-state index contributed by atoms with van der Waals surface area (Å²) in [4.78, 5) is 0.346. The van der Waals surface area contributed by atoms with Crippen LogP contribution in [-0.4, -0.2) is 44.8 Å². The van der Waals surface area contributed by atoms with E-state index in [-0.39, 0.29) is 0 Å². The third-order valence-electron chi connectivity index (χ3n) is 3.96. The minimum atomic E-state index is -3.44. The molecular weight excluding hydrogens is 302 g/mol. The highest BCUT2D eigenvalue weighted by Crippen LogP contribution is 2.30. The van der Waals surface area contributed by atoms with Crippen LogP contribution in [0.25, 0.3) is 0 Å². The Morgan fingerprint density at radius 2 is 1.55 bits per heavy atom. The molecule has 124 valence electrons. The van der Waals surface area contributed by atoms with Crippen LogP contribution < -0.4 is 0 Å². The Bertz CT molecular complexity index is 567. The number of benzene rings is 1. The molecule has 1 aromatic rings. The smallest absolute Gasteiger partial charge is 0.243 e. The van der Waals surface area contributed by atoms with Crippen LogP contribution in [-0.2, 0) is 19.5 Å². The fraction of sp³-hybridized carbons (Fsp3) is 0.625. The molecule has 0 atom stereocenters. The topological polar surface area (TPSA) is 55.8 Å². The van der Waals surface area contributed by atoms with E-state index in [1.54, 1.807) is 12.1 Å². The number of sulfonamides is 1. The van der Waals surface area contributed by atoms with E-state index in [2.05, 4.69) is 0 Å². The van der Waals surface area contributed by atoms with Gasteiger partial charge in [-0.15, -0.1) is 0 Å². The molecule has 2 rings (SSSR count). The summed E-state index contributed by atoms with van der Waals surface area (Å²) < 4.78 is 38.4. The lowest BCUT2D eigenvalue weighted by molar-refractivity contribution is -0.249. The minimum absolute atomic E-state index is 0.346. The molecule has 5 nitrogen and oxygen atoms in total. The highest BCUT2D eigenvalue weighted by Gasteiger charge is 2.39. The number of hydrogen-bond acceptors (Lipinski definition) is 4. The second kappa shape index (κ2) is 7.08. The molecule has 0 aliphatic carbocycles. The van der Waals surface area contributed by atoms with Crippen molar-refractivity contribution in [3.63, 3.8) is 0 Å². The van der Waals surface area contributed by atoms with E-state index in [9.17, 15) is 8.42 Å². The van der Waals surface area contributed by atoms with Gasteiger partial charge in [-0.05, 0) is 32.9 Å². The molecule has 1 aromatic carbocycles. The number of ether oxygens (including phenoxy) is 2. The molecular formula is C16H25NO4S. The predicted octanol–water partition coefficient (Wildman–Crippen LogP) is 2.55. The van der Waals surface area contributed by atoms with Crippen molar-refractivity contribution in [1.29, 1.82) is 0 Å². The molecule has 0 amide bonds. The third-order valence-corrected chi connectivity index (χ3v) is 5.87. The molecule has 0 N–H and O–H groups in total. The van der Waals surface area contributed by atoms with E-state index < -0.39 is 15.8 Å². The fourth-order valence-electron chi connectivity index (χ4n) is 2.78. The maximum Gasteiger partial charge on any atom is 0.243 e. The standard InChI is InChI=1S/C16H25NO4S/c1-4-20-16(21-5-2)10-12-17(13-11-16)22(18,19)15-8-6-14(3)7-9-15/h6-9H,4-5,10-13H2,1-3H3. The summed E-state index contributed by atoms with van der Waals surface area (Å²) in [7, 11) is -3.44. The highest BCUT2D eigenvalue weighted by molar-refractivity contribution is 7.89.